The molecule has 0 radical (unpaired) electrons. The molecular weight excluding hydrogens is 296 g/mol. The fraction of sp³-hybridized carbons (Fsp3) is 0.222. The molecular formula is C18H17F2N3. The number of nitrogens with zero attached hydrogens (tertiary/aromatic N) is 3. The minimum atomic E-state index is -2.86. The minimum Gasteiger partial charge on any atom is -0.268 e. The van der Waals surface area contributed by atoms with Crippen LogP contribution in [-0.4, -0.2) is 14.8 Å². The van der Waals surface area contributed by atoms with Crippen molar-refractivity contribution >= 4 is 0 Å². The molecule has 2 heterocycles. The van der Waals surface area contributed by atoms with Gasteiger partial charge in [-0.05, 0) is 30.2 Å². The van der Waals surface area contributed by atoms with Gasteiger partial charge in [-0.1, -0.05) is 24.3 Å². The van der Waals surface area contributed by atoms with Crippen molar-refractivity contribution in [3.8, 4) is 11.3 Å². The molecule has 0 bridgehead atoms. The average Bonchev–Trinajstić information content (AvgIpc) is 2.99. The molecule has 118 valence electrons. The van der Waals surface area contributed by atoms with Gasteiger partial charge in [0.15, 0.2) is 0 Å². The Morgan fingerprint density at radius 2 is 2.00 bits per heavy atom. The van der Waals surface area contributed by atoms with Crippen molar-refractivity contribution in [3.63, 3.8) is 0 Å². The van der Waals surface area contributed by atoms with E-state index in [1.165, 1.54) is 12.1 Å². The van der Waals surface area contributed by atoms with Crippen molar-refractivity contribution < 1.29 is 8.78 Å². The highest BCUT2D eigenvalue weighted by Gasteiger charge is 2.24. The number of alkyl halides is 2. The van der Waals surface area contributed by atoms with E-state index in [2.05, 4.69) is 10.1 Å². The van der Waals surface area contributed by atoms with Gasteiger partial charge in [-0.25, -0.2) is 8.78 Å². The standard InChI is InChI=1S/C18H17F2N3/c1-13-9-14(12-23-8-4-7-22-23)11-21-17(13)15-5-3-6-16(10-15)18(2,19)20/h3-11H,12H2,1-2H3. The topological polar surface area (TPSA) is 30.7 Å². The smallest absolute Gasteiger partial charge is 0.268 e. The zero-order chi connectivity index (χ0) is 16.4. The summed E-state index contributed by atoms with van der Waals surface area (Å²) in [6.07, 6.45) is 5.38. The first-order valence-electron chi connectivity index (χ1n) is 7.35. The van der Waals surface area contributed by atoms with Gasteiger partial charge in [-0.15, -0.1) is 0 Å². The van der Waals surface area contributed by atoms with Crippen LogP contribution in [0.3, 0.4) is 0 Å². The minimum absolute atomic E-state index is 0.00295. The van der Waals surface area contributed by atoms with Gasteiger partial charge < -0.3 is 0 Å². The molecule has 0 N–H and O–H groups in total. The summed E-state index contributed by atoms with van der Waals surface area (Å²) in [7, 11) is 0. The monoisotopic (exact) mass is 313 g/mol. The normalized spacial score (nSPS) is 11.7. The van der Waals surface area contributed by atoms with Crippen LogP contribution in [0.4, 0.5) is 8.78 Å². The third-order valence-electron chi connectivity index (χ3n) is 3.68. The van der Waals surface area contributed by atoms with Crippen LogP contribution in [0.15, 0.2) is 55.0 Å². The van der Waals surface area contributed by atoms with E-state index in [4.69, 9.17) is 0 Å². The van der Waals surface area contributed by atoms with Crippen molar-refractivity contribution in [2.75, 3.05) is 0 Å². The Balaban J connectivity index is 1.92. The van der Waals surface area contributed by atoms with Gasteiger partial charge in [0.25, 0.3) is 5.92 Å². The highest BCUT2D eigenvalue weighted by molar-refractivity contribution is 5.64. The summed E-state index contributed by atoms with van der Waals surface area (Å²) < 4.78 is 28.8. The van der Waals surface area contributed by atoms with Crippen LogP contribution in [0.25, 0.3) is 11.3 Å². The zero-order valence-corrected chi connectivity index (χ0v) is 13.0. The largest absolute Gasteiger partial charge is 0.270 e. The second kappa shape index (κ2) is 5.91. The molecule has 0 atom stereocenters. The summed E-state index contributed by atoms with van der Waals surface area (Å²) in [6, 6.07) is 10.3. The number of aryl methyl sites for hydroxylation is 1. The van der Waals surface area contributed by atoms with E-state index in [1.54, 1.807) is 24.5 Å². The molecule has 0 unspecified atom stereocenters. The maximum absolute atomic E-state index is 13.5. The van der Waals surface area contributed by atoms with Crippen LogP contribution < -0.4 is 0 Å². The molecule has 0 amide bonds. The number of hydrogen-bond acceptors (Lipinski definition) is 2. The van der Waals surface area contributed by atoms with Crippen molar-refractivity contribution in [3.05, 3.63) is 71.7 Å². The third kappa shape index (κ3) is 3.44. The lowest BCUT2D eigenvalue weighted by Gasteiger charge is -2.13. The number of hydrogen-bond donors (Lipinski definition) is 0. The highest BCUT2D eigenvalue weighted by atomic mass is 19.3. The molecule has 0 aliphatic carbocycles. The quantitative estimate of drug-likeness (QED) is 0.714. The molecule has 0 saturated carbocycles. The molecule has 3 aromatic rings. The van der Waals surface area contributed by atoms with E-state index >= 15 is 0 Å². The molecule has 23 heavy (non-hydrogen) atoms. The first kappa shape index (κ1) is 15.3. The van der Waals surface area contributed by atoms with Gasteiger partial charge in [-0.2, -0.15) is 5.10 Å². The Labute approximate surface area is 133 Å². The predicted molar refractivity (Wildman–Crippen MR) is 85.3 cm³/mol. The van der Waals surface area contributed by atoms with Gasteiger partial charge >= 0.3 is 0 Å². The van der Waals surface area contributed by atoms with E-state index in [-0.39, 0.29) is 5.56 Å². The summed E-state index contributed by atoms with van der Waals surface area (Å²) in [5.74, 6) is -2.86. The van der Waals surface area contributed by atoms with Crippen LogP contribution in [0.1, 0.15) is 23.6 Å². The molecule has 1 aromatic carbocycles. The Morgan fingerprint density at radius 1 is 1.17 bits per heavy atom. The summed E-state index contributed by atoms with van der Waals surface area (Å²) >= 11 is 0. The van der Waals surface area contributed by atoms with Gasteiger partial charge in [0.1, 0.15) is 0 Å². The average molecular weight is 313 g/mol. The molecule has 0 saturated heterocycles. The van der Waals surface area contributed by atoms with E-state index in [0.29, 0.717) is 12.1 Å². The van der Waals surface area contributed by atoms with E-state index in [0.717, 1.165) is 23.7 Å². The molecule has 0 aliphatic rings. The summed E-state index contributed by atoms with van der Waals surface area (Å²) in [5.41, 5.74) is 3.39. The first-order valence-corrected chi connectivity index (χ1v) is 7.35. The molecule has 2 aromatic heterocycles. The molecule has 0 fully saturated rings. The molecule has 0 aliphatic heterocycles. The maximum atomic E-state index is 13.5. The van der Waals surface area contributed by atoms with Gasteiger partial charge in [-0.3, -0.25) is 9.67 Å². The van der Waals surface area contributed by atoms with Crippen LogP contribution >= 0.6 is 0 Å². The van der Waals surface area contributed by atoms with Crippen LogP contribution in [-0.2, 0) is 12.5 Å². The number of pyridine rings is 1. The van der Waals surface area contributed by atoms with Crippen molar-refractivity contribution in [1.29, 1.82) is 0 Å². The second-order valence-corrected chi connectivity index (χ2v) is 5.68. The summed E-state index contributed by atoms with van der Waals surface area (Å²) in [5, 5.41) is 4.17. The summed E-state index contributed by atoms with van der Waals surface area (Å²) in [6.45, 7) is 3.47. The Hall–Kier alpha value is -2.56. The molecule has 5 heteroatoms. The lowest BCUT2D eigenvalue weighted by molar-refractivity contribution is 0.0175. The maximum Gasteiger partial charge on any atom is 0.270 e. The number of aromatic nitrogens is 3. The molecule has 3 rings (SSSR count). The number of halogens is 2. The number of rotatable bonds is 4. The van der Waals surface area contributed by atoms with Gasteiger partial charge in [0, 0.05) is 36.6 Å². The fourth-order valence-corrected chi connectivity index (χ4v) is 2.54. The van der Waals surface area contributed by atoms with E-state index < -0.39 is 5.92 Å². The van der Waals surface area contributed by atoms with Gasteiger partial charge in [0.05, 0.1) is 12.2 Å². The van der Waals surface area contributed by atoms with Gasteiger partial charge in [0.2, 0.25) is 0 Å². The first-order chi connectivity index (χ1) is 10.9. The fourth-order valence-electron chi connectivity index (χ4n) is 2.54. The van der Waals surface area contributed by atoms with E-state index in [9.17, 15) is 8.78 Å². The second-order valence-electron chi connectivity index (χ2n) is 5.68. The number of benzene rings is 1. The van der Waals surface area contributed by atoms with Crippen LogP contribution in [0.2, 0.25) is 0 Å². The third-order valence-corrected chi connectivity index (χ3v) is 3.68. The molecule has 3 nitrogen and oxygen atoms in total. The Bertz CT molecular complexity index is 805. The van der Waals surface area contributed by atoms with Crippen molar-refractivity contribution in [1.82, 2.24) is 14.8 Å². The SMILES string of the molecule is Cc1cc(Cn2cccn2)cnc1-c1cccc(C(C)(F)F)c1. The predicted octanol–water partition coefficient (Wildman–Crippen LogP) is 4.41. The summed E-state index contributed by atoms with van der Waals surface area (Å²) in [4.78, 5) is 4.47. The lowest BCUT2D eigenvalue weighted by atomic mass is 10.0. The van der Waals surface area contributed by atoms with Crippen molar-refractivity contribution in [2.24, 2.45) is 0 Å². The molecule has 0 spiro atoms. The van der Waals surface area contributed by atoms with Crippen LogP contribution in [0, 0.1) is 6.92 Å². The highest BCUT2D eigenvalue weighted by Crippen LogP contribution is 2.31. The van der Waals surface area contributed by atoms with Crippen molar-refractivity contribution in [2.45, 2.75) is 26.3 Å². The lowest BCUT2D eigenvalue weighted by Crippen LogP contribution is -2.07. The Morgan fingerprint density at radius 3 is 2.65 bits per heavy atom. The Kier molecular flexibility index (Phi) is 3.94. The van der Waals surface area contributed by atoms with Crippen LogP contribution in [0.5, 0.6) is 0 Å². The van der Waals surface area contributed by atoms with E-state index in [1.807, 2.05) is 29.9 Å². The zero-order valence-electron chi connectivity index (χ0n) is 13.0.